The van der Waals surface area contributed by atoms with Crippen LogP contribution in [0, 0.1) is 0 Å². The summed E-state index contributed by atoms with van der Waals surface area (Å²) in [5.74, 6) is 5.72. The smallest absolute Gasteiger partial charge is 0.0572 e. The minimum Gasteiger partial charge on any atom is -0.374 e. The summed E-state index contributed by atoms with van der Waals surface area (Å²) in [6, 6.07) is 6.25. The van der Waals surface area contributed by atoms with E-state index in [-0.39, 0.29) is 0 Å². The summed E-state index contributed by atoms with van der Waals surface area (Å²) in [7, 11) is 2.11. The van der Waals surface area contributed by atoms with Crippen LogP contribution in [0.3, 0.4) is 0 Å². The zero-order valence-electron chi connectivity index (χ0n) is 8.40. The van der Waals surface area contributed by atoms with Gasteiger partial charge in [0.05, 0.1) is 5.69 Å². The maximum Gasteiger partial charge on any atom is 0.0572 e. The van der Waals surface area contributed by atoms with Crippen LogP contribution in [-0.2, 0) is 6.42 Å². The van der Waals surface area contributed by atoms with Gasteiger partial charge in [0.1, 0.15) is 0 Å². The monoisotopic (exact) mass is 189 g/mol. The van der Waals surface area contributed by atoms with E-state index < -0.39 is 0 Å². The maximum atomic E-state index is 5.72. The Balaban J connectivity index is 2.37. The zero-order valence-corrected chi connectivity index (χ0v) is 8.40. The molecule has 0 atom stereocenters. The van der Waals surface area contributed by atoms with Crippen LogP contribution in [0.15, 0.2) is 31.0 Å². The van der Waals surface area contributed by atoms with Crippen LogP contribution in [-0.4, -0.2) is 13.6 Å². The van der Waals surface area contributed by atoms with Gasteiger partial charge in [-0.2, -0.15) is 0 Å². The number of anilines is 2. The second kappa shape index (κ2) is 3.35. The van der Waals surface area contributed by atoms with E-state index in [1.165, 1.54) is 11.3 Å². The largest absolute Gasteiger partial charge is 0.374 e. The van der Waals surface area contributed by atoms with E-state index >= 15 is 0 Å². The zero-order chi connectivity index (χ0) is 10.1. The van der Waals surface area contributed by atoms with Crippen molar-refractivity contribution in [3.8, 4) is 0 Å². The first-order valence-electron chi connectivity index (χ1n) is 4.73. The first kappa shape index (κ1) is 9.09. The Bertz CT molecular complexity index is 360. The first-order valence-corrected chi connectivity index (χ1v) is 4.73. The van der Waals surface area contributed by atoms with Gasteiger partial charge >= 0.3 is 0 Å². The molecule has 1 heterocycles. The number of hydrogen-bond acceptors (Lipinski definition) is 3. The Morgan fingerprint density at radius 2 is 2.36 bits per heavy atom. The third-order valence-electron chi connectivity index (χ3n) is 2.69. The second-order valence-corrected chi connectivity index (χ2v) is 3.57. The average molecular weight is 189 g/mol. The number of benzene rings is 1. The van der Waals surface area contributed by atoms with Gasteiger partial charge in [-0.3, -0.25) is 5.01 Å². The first-order chi connectivity index (χ1) is 6.72. The topological polar surface area (TPSA) is 32.5 Å². The van der Waals surface area contributed by atoms with Crippen molar-refractivity contribution < 1.29 is 0 Å². The van der Waals surface area contributed by atoms with Crippen LogP contribution < -0.4 is 15.8 Å². The third kappa shape index (κ3) is 1.36. The van der Waals surface area contributed by atoms with Crippen LogP contribution >= 0.6 is 0 Å². The average Bonchev–Trinajstić information content (AvgIpc) is 2.59. The second-order valence-electron chi connectivity index (χ2n) is 3.57. The molecule has 2 N–H and O–H groups in total. The predicted octanol–water partition coefficient (Wildman–Crippen LogP) is 1.50. The quantitative estimate of drug-likeness (QED) is 0.565. The molecule has 0 radical (unpaired) electrons. The fourth-order valence-corrected chi connectivity index (χ4v) is 1.82. The highest BCUT2D eigenvalue weighted by atomic mass is 15.4. The van der Waals surface area contributed by atoms with Crippen LogP contribution in [0.5, 0.6) is 0 Å². The maximum absolute atomic E-state index is 5.72. The Kier molecular flexibility index (Phi) is 2.17. The molecular formula is C11H15N3. The van der Waals surface area contributed by atoms with E-state index in [2.05, 4.69) is 30.7 Å². The summed E-state index contributed by atoms with van der Waals surface area (Å²) in [6.07, 6.45) is 2.71. The standard InChI is InChI=1S/C11H15N3/c1-3-14(12)10-4-5-11-9(8-10)6-7-13(11)2/h3-5,8H,1,6-7,12H2,2H3. The molecule has 0 saturated heterocycles. The van der Waals surface area contributed by atoms with Gasteiger partial charge in [0.15, 0.2) is 0 Å². The van der Waals surface area contributed by atoms with Crippen molar-refractivity contribution in [2.45, 2.75) is 6.42 Å². The minimum absolute atomic E-state index is 0.994. The molecule has 0 amide bonds. The van der Waals surface area contributed by atoms with Crippen molar-refractivity contribution in [1.29, 1.82) is 0 Å². The summed E-state index contributed by atoms with van der Waals surface area (Å²) in [5.41, 5.74) is 3.67. The molecule has 0 aliphatic carbocycles. The minimum atomic E-state index is 0.994. The number of hydrazine groups is 1. The van der Waals surface area contributed by atoms with Gasteiger partial charge < -0.3 is 4.90 Å². The van der Waals surface area contributed by atoms with E-state index in [4.69, 9.17) is 5.84 Å². The molecule has 0 spiro atoms. The van der Waals surface area contributed by atoms with Crippen LogP contribution in [0.1, 0.15) is 5.56 Å². The number of fused-ring (bicyclic) bond motifs is 1. The number of hydrogen-bond donors (Lipinski definition) is 1. The van der Waals surface area contributed by atoms with E-state index in [0.29, 0.717) is 0 Å². The van der Waals surface area contributed by atoms with E-state index in [9.17, 15) is 0 Å². The molecule has 1 aromatic carbocycles. The Morgan fingerprint density at radius 1 is 1.57 bits per heavy atom. The van der Waals surface area contributed by atoms with Crippen molar-refractivity contribution in [3.63, 3.8) is 0 Å². The van der Waals surface area contributed by atoms with Crippen molar-refractivity contribution in [3.05, 3.63) is 36.5 Å². The fourth-order valence-electron chi connectivity index (χ4n) is 1.82. The number of likely N-dealkylation sites (N-methyl/N-ethyl adjacent to an activating group) is 1. The lowest BCUT2D eigenvalue weighted by atomic mass is 10.1. The molecule has 1 aliphatic rings. The fraction of sp³-hybridized carbons (Fsp3) is 0.273. The van der Waals surface area contributed by atoms with Gasteiger partial charge in [-0.25, -0.2) is 5.84 Å². The molecule has 0 aromatic heterocycles. The van der Waals surface area contributed by atoms with Gasteiger partial charge in [0.2, 0.25) is 0 Å². The molecule has 3 nitrogen and oxygen atoms in total. The highest BCUT2D eigenvalue weighted by molar-refractivity contribution is 5.64. The summed E-state index contributed by atoms with van der Waals surface area (Å²) < 4.78 is 0. The molecular weight excluding hydrogens is 174 g/mol. The Morgan fingerprint density at radius 3 is 3.07 bits per heavy atom. The molecule has 0 bridgehead atoms. The van der Waals surface area contributed by atoms with Gasteiger partial charge in [-0.1, -0.05) is 6.58 Å². The normalized spacial score (nSPS) is 14.0. The number of nitrogens with zero attached hydrogens (tertiary/aromatic N) is 2. The Labute approximate surface area is 84.4 Å². The predicted molar refractivity (Wildman–Crippen MR) is 60.3 cm³/mol. The summed E-state index contributed by atoms with van der Waals surface area (Å²) >= 11 is 0. The van der Waals surface area contributed by atoms with Crippen LogP contribution in [0.4, 0.5) is 11.4 Å². The number of nitrogens with two attached hydrogens (primary N) is 1. The summed E-state index contributed by atoms with van der Waals surface area (Å²) in [4.78, 5) is 2.26. The van der Waals surface area contributed by atoms with Crippen LogP contribution in [0.2, 0.25) is 0 Å². The third-order valence-corrected chi connectivity index (χ3v) is 2.69. The molecule has 1 aromatic rings. The van der Waals surface area contributed by atoms with Gasteiger partial charge in [-0.05, 0) is 30.2 Å². The molecule has 0 unspecified atom stereocenters. The van der Waals surface area contributed by atoms with E-state index in [1.54, 1.807) is 11.2 Å². The van der Waals surface area contributed by atoms with Crippen molar-refractivity contribution >= 4 is 11.4 Å². The van der Waals surface area contributed by atoms with Gasteiger partial charge in [0, 0.05) is 25.5 Å². The molecule has 3 heteroatoms. The summed E-state index contributed by atoms with van der Waals surface area (Å²) in [5, 5.41) is 1.54. The molecule has 0 saturated carbocycles. The lowest BCUT2D eigenvalue weighted by molar-refractivity contribution is 0.956. The lowest BCUT2D eigenvalue weighted by Crippen LogP contribution is -2.23. The van der Waals surface area contributed by atoms with Gasteiger partial charge in [-0.15, -0.1) is 0 Å². The van der Waals surface area contributed by atoms with Crippen molar-refractivity contribution in [2.24, 2.45) is 5.84 Å². The summed E-state index contributed by atoms with van der Waals surface area (Å²) in [6.45, 7) is 4.73. The SMILES string of the molecule is C=CN(N)c1ccc2c(c1)CCN2C. The molecule has 74 valence electrons. The highest BCUT2D eigenvalue weighted by Crippen LogP contribution is 2.29. The van der Waals surface area contributed by atoms with E-state index in [0.717, 1.165) is 18.7 Å². The van der Waals surface area contributed by atoms with Crippen molar-refractivity contribution in [2.75, 3.05) is 23.5 Å². The molecule has 14 heavy (non-hydrogen) atoms. The lowest BCUT2D eigenvalue weighted by Gasteiger charge is -2.16. The van der Waals surface area contributed by atoms with Crippen molar-refractivity contribution in [1.82, 2.24) is 0 Å². The number of rotatable bonds is 2. The van der Waals surface area contributed by atoms with E-state index in [1.807, 2.05) is 6.07 Å². The molecule has 0 fully saturated rings. The van der Waals surface area contributed by atoms with Gasteiger partial charge in [0.25, 0.3) is 0 Å². The highest BCUT2D eigenvalue weighted by Gasteiger charge is 2.15. The molecule has 1 aliphatic heterocycles. The Hall–Kier alpha value is -1.48. The van der Waals surface area contributed by atoms with Crippen LogP contribution in [0.25, 0.3) is 0 Å². The molecule has 2 rings (SSSR count).